The second kappa shape index (κ2) is 30.7. The standard InChI is InChI=1S/C59H84N8O13/c1-36(2)31-44(52(71)61-38(5)54(73)66(10)47(55(74)67-30-18-23-46(67)57(76)78-11)33-40-24-26-42(27-25-40)80-59(6,7)8)62-50(70)34-48(68)43(32-39-19-14-12-15-20-39)63-53(72)45(28-29-49(60)69)65(9)56(75)51(37(3)4)64-58(77)79-35-41-21-16-13-17-22-41/h12-17,19-22,24-27,36-38,43-48,51,68H,18,23,28-35H2,1-11H3,(H2,60,69)(H,61,71)(H,62,70)(H,63,72)(H,64,77)/t38-,43-,44-,45-,46-,47+,48-,51-/m0/s1. The molecule has 80 heavy (non-hydrogen) atoms. The van der Waals surface area contributed by atoms with Gasteiger partial charge in [0.2, 0.25) is 41.4 Å². The van der Waals surface area contributed by atoms with Gasteiger partial charge in [0.15, 0.2) is 0 Å². The van der Waals surface area contributed by atoms with E-state index in [4.69, 9.17) is 19.9 Å². The molecule has 0 aromatic heterocycles. The average molecular weight is 1110 g/mol. The van der Waals surface area contributed by atoms with Gasteiger partial charge in [-0.2, -0.15) is 0 Å². The number of rotatable bonds is 28. The monoisotopic (exact) mass is 1110 g/mol. The van der Waals surface area contributed by atoms with Crippen molar-refractivity contribution in [3.8, 4) is 5.75 Å². The van der Waals surface area contributed by atoms with Crippen LogP contribution in [-0.2, 0) is 67.3 Å². The minimum atomic E-state index is -1.58. The van der Waals surface area contributed by atoms with E-state index in [1.165, 1.54) is 37.9 Å². The molecular weight excluding hydrogens is 1030 g/mol. The van der Waals surface area contributed by atoms with Gasteiger partial charge in [-0.3, -0.25) is 33.6 Å². The van der Waals surface area contributed by atoms with Crippen molar-refractivity contribution in [3.05, 3.63) is 102 Å². The third kappa shape index (κ3) is 20.3. The van der Waals surface area contributed by atoms with E-state index in [0.29, 0.717) is 29.7 Å². The van der Waals surface area contributed by atoms with E-state index >= 15 is 0 Å². The number of benzene rings is 3. The molecule has 1 fully saturated rings. The number of ether oxygens (including phenoxy) is 3. The number of hydrogen-bond donors (Lipinski definition) is 6. The molecule has 4 rings (SSSR count). The predicted molar refractivity (Wildman–Crippen MR) is 299 cm³/mol. The number of likely N-dealkylation sites (N-methyl/N-ethyl adjacent to an activating group) is 2. The fraction of sp³-hybridized carbons (Fsp3) is 0.542. The zero-order valence-corrected chi connectivity index (χ0v) is 48.2. The van der Waals surface area contributed by atoms with Crippen LogP contribution in [0.2, 0.25) is 0 Å². The van der Waals surface area contributed by atoms with Crippen LogP contribution in [0.5, 0.6) is 5.75 Å². The molecular formula is C59H84N8O13. The summed E-state index contributed by atoms with van der Waals surface area (Å²) in [6.45, 7) is 14.5. The minimum Gasteiger partial charge on any atom is -0.488 e. The van der Waals surface area contributed by atoms with E-state index in [1.807, 2.05) is 40.7 Å². The van der Waals surface area contributed by atoms with Gasteiger partial charge < -0.3 is 61.0 Å². The maximum Gasteiger partial charge on any atom is 0.408 e. The summed E-state index contributed by atoms with van der Waals surface area (Å²) in [6.07, 6.45) is -2.45. The number of carbonyl (C=O) groups is 9. The first kappa shape index (κ1) is 65.0. The number of nitrogens with two attached hydrogens (primary N) is 1. The van der Waals surface area contributed by atoms with Crippen LogP contribution in [0.15, 0.2) is 84.9 Å². The molecule has 7 N–H and O–H groups in total. The van der Waals surface area contributed by atoms with Gasteiger partial charge in [0.1, 0.15) is 54.2 Å². The van der Waals surface area contributed by atoms with E-state index in [2.05, 4.69) is 21.3 Å². The molecule has 0 radical (unpaired) electrons. The largest absolute Gasteiger partial charge is 0.488 e. The summed E-state index contributed by atoms with van der Waals surface area (Å²) in [5.41, 5.74) is 7.16. The van der Waals surface area contributed by atoms with Crippen LogP contribution in [-0.4, -0.2) is 155 Å². The number of nitrogens with one attached hydrogen (secondary N) is 4. The Morgan fingerprint density at radius 1 is 0.738 bits per heavy atom. The lowest BCUT2D eigenvalue weighted by Gasteiger charge is -2.34. The number of nitrogens with zero attached hydrogens (tertiary/aromatic N) is 3. The summed E-state index contributed by atoms with van der Waals surface area (Å²) in [4.78, 5) is 127. The number of alkyl carbamates (subject to hydrolysis) is 1. The smallest absolute Gasteiger partial charge is 0.408 e. The normalized spacial score (nSPS) is 15.9. The van der Waals surface area contributed by atoms with Crippen LogP contribution < -0.4 is 31.7 Å². The number of methoxy groups -OCH3 is 1. The Balaban J connectivity index is 1.52. The highest BCUT2D eigenvalue weighted by Crippen LogP contribution is 2.25. The van der Waals surface area contributed by atoms with Crippen molar-refractivity contribution in [2.75, 3.05) is 27.7 Å². The first-order chi connectivity index (χ1) is 37.7. The Kier molecular flexibility index (Phi) is 24.9. The number of amides is 8. The highest BCUT2D eigenvalue weighted by Gasteiger charge is 2.42. The first-order valence-corrected chi connectivity index (χ1v) is 27.3. The molecule has 21 nitrogen and oxygen atoms in total. The summed E-state index contributed by atoms with van der Waals surface area (Å²) in [6, 6.07) is 16.9. The lowest BCUT2D eigenvalue weighted by Crippen LogP contribution is -2.58. The zero-order valence-electron chi connectivity index (χ0n) is 48.2. The highest BCUT2D eigenvalue weighted by atomic mass is 16.5. The van der Waals surface area contributed by atoms with Gasteiger partial charge in [-0.1, -0.05) is 100 Å². The average Bonchev–Trinajstić information content (AvgIpc) is 3.90. The van der Waals surface area contributed by atoms with E-state index in [9.17, 15) is 48.3 Å². The van der Waals surface area contributed by atoms with Crippen molar-refractivity contribution >= 4 is 53.4 Å². The molecule has 21 heteroatoms. The summed E-state index contributed by atoms with van der Waals surface area (Å²) in [5, 5.41) is 22.7. The van der Waals surface area contributed by atoms with Crippen molar-refractivity contribution in [1.82, 2.24) is 36.0 Å². The van der Waals surface area contributed by atoms with Crippen molar-refractivity contribution in [3.63, 3.8) is 0 Å². The molecule has 0 spiro atoms. The molecule has 0 saturated carbocycles. The number of aliphatic hydroxyl groups excluding tert-OH is 1. The molecule has 0 aliphatic carbocycles. The predicted octanol–water partition coefficient (Wildman–Crippen LogP) is 3.96. The van der Waals surface area contributed by atoms with Gasteiger partial charge in [-0.05, 0) is 100 Å². The maximum absolute atomic E-state index is 14.4. The lowest BCUT2D eigenvalue weighted by molar-refractivity contribution is -0.154. The van der Waals surface area contributed by atoms with Gasteiger partial charge in [0.25, 0.3) is 0 Å². The number of carbonyl (C=O) groups excluding carboxylic acids is 9. The molecule has 8 amide bonds. The fourth-order valence-electron chi connectivity index (χ4n) is 9.37. The topological polar surface area (TPSA) is 285 Å². The number of likely N-dealkylation sites (tertiary alicyclic amines) is 1. The van der Waals surface area contributed by atoms with Crippen LogP contribution in [0, 0.1) is 11.8 Å². The van der Waals surface area contributed by atoms with E-state index in [1.54, 1.807) is 92.7 Å². The van der Waals surface area contributed by atoms with Crippen molar-refractivity contribution in [1.29, 1.82) is 0 Å². The number of primary amides is 1. The molecule has 0 bridgehead atoms. The van der Waals surface area contributed by atoms with Crippen LogP contribution in [0.3, 0.4) is 0 Å². The number of aliphatic hydroxyl groups is 1. The number of esters is 1. The SMILES string of the molecule is COC(=O)[C@@H]1CCCN1C(=O)[C@@H](Cc1ccc(OC(C)(C)C)cc1)N(C)C(=O)[C@H](C)NC(=O)[C@H](CC(C)C)NC(=O)C[C@H](O)[C@H](Cc1ccccc1)NC(=O)[C@H](CCC(N)=O)N(C)C(=O)[C@@H](NC(=O)OCc1ccccc1)C(C)C. The maximum atomic E-state index is 14.4. The lowest BCUT2D eigenvalue weighted by atomic mass is 9.97. The Bertz CT molecular complexity index is 2560. The Morgan fingerprint density at radius 2 is 1.32 bits per heavy atom. The molecule has 438 valence electrons. The molecule has 1 aliphatic rings. The van der Waals surface area contributed by atoms with Crippen LogP contribution in [0.1, 0.15) is 111 Å². The molecule has 1 heterocycles. The third-order valence-electron chi connectivity index (χ3n) is 13.7. The van der Waals surface area contributed by atoms with Crippen molar-refractivity contribution in [2.45, 2.75) is 167 Å². The van der Waals surface area contributed by atoms with E-state index in [0.717, 1.165) is 10.5 Å². The third-order valence-corrected chi connectivity index (χ3v) is 13.7. The van der Waals surface area contributed by atoms with Gasteiger partial charge in [-0.25, -0.2) is 9.59 Å². The Morgan fingerprint density at radius 3 is 1.89 bits per heavy atom. The first-order valence-electron chi connectivity index (χ1n) is 27.3. The Hall–Kier alpha value is -7.55. The van der Waals surface area contributed by atoms with Gasteiger partial charge in [-0.15, -0.1) is 0 Å². The van der Waals surface area contributed by atoms with E-state index < -0.39 is 120 Å². The van der Waals surface area contributed by atoms with Gasteiger partial charge >= 0.3 is 12.1 Å². The molecule has 3 aromatic rings. The molecule has 0 unspecified atom stereocenters. The number of hydrogen-bond acceptors (Lipinski definition) is 13. The zero-order chi connectivity index (χ0) is 59.4. The van der Waals surface area contributed by atoms with Gasteiger partial charge in [0.05, 0.1) is 25.7 Å². The minimum absolute atomic E-state index is 0.00916. The molecule has 1 saturated heterocycles. The summed E-state index contributed by atoms with van der Waals surface area (Å²) in [5.74, 6) is -5.36. The molecule has 8 atom stereocenters. The van der Waals surface area contributed by atoms with Crippen LogP contribution >= 0.6 is 0 Å². The summed E-state index contributed by atoms with van der Waals surface area (Å²) < 4.78 is 16.4. The second-order valence-electron chi connectivity index (χ2n) is 22.2. The second-order valence-corrected chi connectivity index (χ2v) is 22.2. The van der Waals surface area contributed by atoms with Crippen molar-refractivity contribution in [2.24, 2.45) is 17.6 Å². The van der Waals surface area contributed by atoms with Crippen molar-refractivity contribution < 1.29 is 62.5 Å². The summed E-state index contributed by atoms with van der Waals surface area (Å²) in [7, 11) is 4.05. The van der Waals surface area contributed by atoms with Crippen LogP contribution in [0.25, 0.3) is 0 Å². The van der Waals surface area contributed by atoms with E-state index in [-0.39, 0.29) is 51.2 Å². The Labute approximate surface area is 470 Å². The summed E-state index contributed by atoms with van der Waals surface area (Å²) >= 11 is 0. The molecule has 3 aromatic carbocycles. The fourth-order valence-corrected chi connectivity index (χ4v) is 9.37. The van der Waals surface area contributed by atoms with Gasteiger partial charge in [0, 0.05) is 33.5 Å². The molecule has 1 aliphatic heterocycles. The quantitative estimate of drug-likeness (QED) is 0.0563. The highest BCUT2D eigenvalue weighted by molar-refractivity contribution is 5.96. The van der Waals surface area contributed by atoms with Crippen LogP contribution in [0.4, 0.5) is 4.79 Å².